The summed E-state index contributed by atoms with van der Waals surface area (Å²) in [5.74, 6) is 0.200. The summed E-state index contributed by atoms with van der Waals surface area (Å²) in [5, 5.41) is 3.78. The smallest absolute Gasteiger partial charge is 0.236 e. The molecule has 3 nitrogen and oxygen atoms in total. The van der Waals surface area contributed by atoms with Crippen molar-refractivity contribution in [2.45, 2.75) is 19.5 Å². The van der Waals surface area contributed by atoms with Crippen LogP contribution in [0, 0.1) is 0 Å². The van der Waals surface area contributed by atoms with Crippen molar-refractivity contribution in [1.82, 2.24) is 14.8 Å². The highest BCUT2D eigenvalue weighted by Crippen LogP contribution is 2.30. The summed E-state index contributed by atoms with van der Waals surface area (Å²) in [4.78, 5) is 3.95. The molecule has 2 rings (SSSR count). The average molecular weight is 276 g/mol. The van der Waals surface area contributed by atoms with E-state index in [0.29, 0.717) is 12.1 Å². The number of alkyl halides is 3. The fourth-order valence-electron chi connectivity index (χ4n) is 1.53. The minimum atomic E-state index is -4.48. The first kappa shape index (κ1) is 12.9. The van der Waals surface area contributed by atoms with E-state index in [0.717, 1.165) is 10.7 Å². The minimum Gasteiger partial charge on any atom is -0.236 e. The fraction of sp³-hybridized carbons (Fsp3) is 0.273. The molecule has 0 aromatic carbocycles. The molecule has 0 fully saturated rings. The molecule has 0 aliphatic rings. The van der Waals surface area contributed by atoms with Crippen molar-refractivity contribution in [2.75, 3.05) is 0 Å². The third kappa shape index (κ3) is 2.33. The summed E-state index contributed by atoms with van der Waals surface area (Å²) in [6.07, 6.45) is -2.62. The van der Waals surface area contributed by atoms with Gasteiger partial charge >= 0.3 is 6.18 Å². The van der Waals surface area contributed by atoms with E-state index in [1.54, 1.807) is 19.1 Å². The van der Waals surface area contributed by atoms with Gasteiger partial charge in [-0.2, -0.15) is 18.3 Å². The van der Waals surface area contributed by atoms with Gasteiger partial charge in [0.15, 0.2) is 11.5 Å². The molecule has 18 heavy (non-hydrogen) atoms. The third-order valence-electron chi connectivity index (χ3n) is 2.38. The van der Waals surface area contributed by atoms with Crippen LogP contribution in [0.25, 0.3) is 5.82 Å². The van der Waals surface area contributed by atoms with Crippen LogP contribution in [0.2, 0.25) is 5.02 Å². The molecule has 96 valence electrons. The first-order valence-electron chi connectivity index (χ1n) is 5.20. The molecular weight excluding hydrogens is 267 g/mol. The maximum atomic E-state index is 12.6. The number of hydrogen-bond acceptors (Lipinski definition) is 2. The van der Waals surface area contributed by atoms with Crippen molar-refractivity contribution in [3.63, 3.8) is 0 Å². The molecule has 0 bridgehead atoms. The summed E-state index contributed by atoms with van der Waals surface area (Å²) in [5.41, 5.74) is -0.538. The maximum absolute atomic E-state index is 12.6. The normalized spacial score (nSPS) is 11.8. The monoisotopic (exact) mass is 275 g/mol. The Morgan fingerprint density at radius 1 is 1.39 bits per heavy atom. The van der Waals surface area contributed by atoms with Crippen LogP contribution in [0.3, 0.4) is 0 Å². The molecule has 0 unspecified atom stereocenters. The minimum absolute atomic E-state index is 0.200. The lowest BCUT2D eigenvalue weighted by Crippen LogP contribution is -2.08. The van der Waals surface area contributed by atoms with E-state index < -0.39 is 11.9 Å². The summed E-state index contributed by atoms with van der Waals surface area (Å²) in [7, 11) is 0. The quantitative estimate of drug-likeness (QED) is 0.840. The van der Waals surface area contributed by atoms with Gasteiger partial charge in [0.2, 0.25) is 0 Å². The molecule has 2 heterocycles. The van der Waals surface area contributed by atoms with E-state index in [-0.39, 0.29) is 10.8 Å². The highest BCUT2D eigenvalue weighted by Gasteiger charge is 2.35. The van der Waals surface area contributed by atoms with Gasteiger partial charge < -0.3 is 0 Å². The molecule has 0 saturated heterocycles. The number of hydrogen-bond donors (Lipinski definition) is 0. The Morgan fingerprint density at radius 3 is 2.67 bits per heavy atom. The van der Waals surface area contributed by atoms with Crippen molar-refractivity contribution in [3.8, 4) is 5.82 Å². The molecule has 0 amide bonds. The molecule has 0 atom stereocenters. The van der Waals surface area contributed by atoms with Gasteiger partial charge in [0, 0.05) is 11.9 Å². The second kappa shape index (κ2) is 4.61. The van der Waals surface area contributed by atoms with Crippen LogP contribution in [0.5, 0.6) is 0 Å². The van der Waals surface area contributed by atoms with Gasteiger partial charge in [0.1, 0.15) is 0 Å². The zero-order chi connectivity index (χ0) is 13.3. The molecule has 0 radical (unpaired) electrons. The van der Waals surface area contributed by atoms with Gasteiger partial charge in [-0.1, -0.05) is 18.5 Å². The number of aromatic nitrogens is 3. The van der Waals surface area contributed by atoms with Gasteiger partial charge in [0.05, 0.1) is 5.02 Å². The predicted molar refractivity (Wildman–Crippen MR) is 60.7 cm³/mol. The lowest BCUT2D eigenvalue weighted by atomic mass is 10.3. The van der Waals surface area contributed by atoms with Crippen LogP contribution in [0.1, 0.15) is 18.3 Å². The molecule has 2 aromatic rings. The Kier molecular flexibility index (Phi) is 3.30. The highest BCUT2D eigenvalue weighted by atomic mass is 35.5. The number of nitrogens with zero attached hydrogens (tertiary/aromatic N) is 3. The Balaban J connectivity index is 2.58. The Morgan fingerprint density at radius 2 is 2.11 bits per heavy atom. The zero-order valence-electron chi connectivity index (χ0n) is 9.37. The van der Waals surface area contributed by atoms with E-state index in [1.807, 2.05) is 0 Å². The summed E-state index contributed by atoms with van der Waals surface area (Å²) < 4.78 is 38.9. The van der Waals surface area contributed by atoms with Crippen molar-refractivity contribution in [1.29, 1.82) is 0 Å². The molecule has 0 saturated carbocycles. The largest absolute Gasteiger partial charge is 0.435 e. The first-order chi connectivity index (χ1) is 8.43. The third-order valence-corrected chi connectivity index (χ3v) is 2.67. The van der Waals surface area contributed by atoms with Crippen molar-refractivity contribution < 1.29 is 13.2 Å². The number of halogens is 4. The number of aryl methyl sites for hydroxylation is 1. The van der Waals surface area contributed by atoms with Crippen LogP contribution < -0.4 is 0 Å². The average Bonchev–Trinajstić information content (AvgIpc) is 2.73. The molecule has 7 heteroatoms. The number of pyridine rings is 1. The van der Waals surface area contributed by atoms with E-state index in [2.05, 4.69) is 10.1 Å². The molecule has 2 aromatic heterocycles. The van der Waals surface area contributed by atoms with Crippen LogP contribution in [0.15, 0.2) is 24.4 Å². The Labute approximate surface area is 106 Å². The number of rotatable bonds is 2. The van der Waals surface area contributed by atoms with Crippen LogP contribution in [0.4, 0.5) is 13.2 Å². The summed E-state index contributed by atoms with van der Waals surface area (Å²) in [6.45, 7) is 1.74. The van der Waals surface area contributed by atoms with Crippen LogP contribution in [-0.4, -0.2) is 14.8 Å². The second-order valence-corrected chi connectivity index (χ2v) is 4.00. The van der Waals surface area contributed by atoms with Crippen LogP contribution >= 0.6 is 11.6 Å². The maximum Gasteiger partial charge on any atom is 0.435 e. The summed E-state index contributed by atoms with van der Waals surface area (Å²) in [6, 6.07) is 4.16. The van der Waals surface area contributed by atoms with E-state index in [4.69, 9.17) is 11.6 Å². The molecular formula is C11H9ClF3N3. The lowest BCUT2D eigenvalue weighted by molar-refractivity contribution is -0.141. The topological polar surface area (TPSA) is 30.7 Å². The molecule has 0 aliphatic carbocycles. The Hall–Kier alpha value is -1.56. The van der Waals surface area contributed by atoms with Gasteiger partial charge in [0.25, 0.3) is 0 Å². The van der Waals surface area contributed by atoms with Crippen molar-refractivity contribution >= 4 is 11.6 Å². The SMILES string of the molecule is CCc1cc(C(F)(F)F)nn1-c1ncccc1Cl. The van der Waals surface area contributed by atoms with Gasteiger partial charge in [-0.3, -0.25) is 0 Å². The van der Waals surface area contributed by atoms with E-state index in [9.17, 15) is 13.2 Å². The Bertz CT molecular complexity index is 563. The van der Waals surface area contributed by atoms with Crippen LogP contribution in [-0.2, 0) is 12.6 Å². The molecule has 0 aliphatic heterocycles. The van der Waals surface area contributed by atoms with Crippen molar-refractivity contribution in [3.05, 3.63) is 40.8 Å². The van der Waals surface area contributed by atoms with E-state index >= 15 is 0 Å². The molecule has 0 spiro atoms. The molecule has 0 N–H and O–H groups in total. The summed E-state index contributed by atoms with van der Waals surface area (Å²) >= 11 is 5.91. The van der Waals surface area contributed by atoms with Gasteiger partial charge in [-0.15, -0.1) is 0 Å². The van der Waals surface area contributed by atoms with E-state index in [1.165, 1.54) is 6.20 Å². The van der Waals surface area contributed by atoms with Crippen molar-refractivity contribution in [2.24, 2.45) is 0 Å². The van der Waals surface area contributed by atoms with Gasteiger partial charge in [-0.25, -0.2) is 9.67 Å². The fourth-order valence-corrected chi connectivity index (χ4v) is 1.73. The second-order valence-electron chi connectivity index (χ2n) is 3.59. The standard InChI is InChI=1S/C11H9ClF3N3/c1-2-7-6-9(11(13,14)15)17-18(7)10-8(12)4-3-5-16-10/h3-6H,2H2,1H3. The lowest BCUT2D eigenvalue weighted by Gasteiger charge is -2.06. The highest BCUT2D eigenvalue weighted by molar-refractivity contribution is 6.32. The van der Waals surface area contributed by atoms with Gasteiger partial charge in [-0.05, 0) is 24.6 Å². The first-order valence-corrected chi connectivity index (χ1v) is 5.58. The zero-order valence-corrected chi connectivity index (χ0v) is 10.1. The predicted octanol–water partition coefficient (Wildman–Crippen LogP) is 3.50.